The van der Waals surface area contributed by atoms with Crippen LogP contribution in [0.25, 0.3) is 0 Å². The second-order valence-electron chi connectivity index (χ2n) is 8.61. The molecule has 3 heterocycles. The van der Waals surface area contributed by atoms with Crippen molar-refractivity contribution < 1.29 is 19.4 Å². The zero-order chi connectivity index (χ0) is 18.8. The van der Waals surface area contributed by atoms with Gasteiger partial charge in [-0.05, 0) is 56.8 Å². The Morgan fingerprint density at radius 3 is 2.93 bits per heavy atom. The van der Waals surface area contributed by atoms with Crippen molar-refractivity contribution in [3.8, 4) is 5.75 Å². The molecule has 1 aromatic carbocycles. The smallest absolute Gasteiger partial charge is 0.335 e. The molecule has 27 heavy (non-hydrogen) atoms. The molecule has 0 radical (unpaired) electrons. The quantitative estimate of drug-likeness (QED) is 0.790. The van der Waals surface area contributed by atoms with Crippen LogP contribution in [0.15, 0.2) is 18.2 Å². The second-order valence-corrected chi connectivity index (χ2v) is 8.61. The van der Waals surface area contributed by atoms with E-state index in [1.807, 2.05) is 6.07 Å². The molecule has 1 aromatic rings. The van der Waals surface area contributed by atoms with E-state index in [4.69, 9.17) is 9.47 Å². The van der Waals surface area contributed by atoms with Gasteiger partial charge in [0.05, 0.1) is 19.9 Å². The topological polar surface area (TPSA) is 71.0 Å². The van der Waals surface area contributed by atoms with Crippen LogP contribution in [0.2, 0.25) is 0 Å². The van der Waals surface area contributed by atoms with E-state index in [2.05, 4.69) is 22.3 Å². The van der Waals surface area contributed by atoms with Crippen LogP contribution in [0.3, 0.4) is 0 Å². The number of carbonyl (C=O) groups excluding carboxylic acids is 1. The Hall–Kier alpha value is -1.79. The number of methoxy groups -OCH3 is 2. The maximum absolute atomic E-state index is 12.4. The van der Waals surface area contributed by atoms with E-state index >= 15 is 0 Å². The highest BCUT2D eigenvalue weighted by Gasteiger charge is 2.69. The average Bonchev–Trinajstić information content (AvgIpc) is 3.27. The number of aliphatic hydroxyl groups is 1. The number of rotatable bonds is 3. The van der Waals surface area contributed by atoms with Crippen molar-refractivity contribution in [1.29, 1.82) is 0 Å². The number of nitrogens with one attached hydrogen (secondary N) is 1. The van der Waals surface area contributed by atoms with Crippen molar-refractivity contribution >= 4 is 11.7 Å². The van der Waals surface area contributed by atoms with Crippen LogP contribution in [-0.4, -0.2) is 61.5 Å². The van der Waals surface area contributed by atoms with Gasteiger partial charge in [0.15, 0.2) is 6.10 Å². The summed E-state index contributed by atoms with van der Waals surface area (Å²) in [6.07, 6.45) is 3.64. The van der Waals surface area contributed by atoms with E-state index in [0.717, 1.165) is 56.6 Å². The Morgan fingerprint density at radius 2 is 2.15 bits per heavy atom. The predicted octanol–water partition coefficient (Wildman–Crippen LogP) is 1.91. The molecule has 0 bridgehead atoms. The number of anilines is 1. The summed E-state index contributed by atoms with van der Waals surface area (Å²) in [5, 5.41) is 14.9. The lowest BCUT2D eigenvalue weighted by atomic mass is 9.51. The van der Waals surface area contributed by atoms with E-state index in [1.54, 1.807) is 7.11 Å². The van der Waals surface area contributed by atoms with E-state index in [1.165, 1.54) is 12.7 Å². The average molecular weight is 372 g/mol. The summed E-state index contributed by atoms with van der Waals surface area (Å²) in [7, 11) is 3.08. The first-order chi connectivity index (χ1) is 13.1. The lowest BCUT2D eigenvalue weighted by molar-refractivity contribution is -0.171. The van der Waals surface area contributed by atoms with E-state index in [9.17, 15) is 9.90 Å². The predicted molar refractivity (Wildman–Crippen MR) is 101 cm³/mol. The van der Waals surface area contributed by atoms with Crippen molar-refractivity contribution in [1.82, 2.24) is 4.90 Å². The Bertz CT molecular complexity index is 783. The number of fused-ring (bicyclic) bond motifs is 1. The maximum Gasteiger partial charge on any atom is 0.335 e. The molecule has 3 aliphatic heterocycles. The van der Waals surface area contributed by atoms with Gasteiger partial charge in [-0.15, -0.1) is 0 Å². The molecule has 0 aromatic heterocycles. The standard InChI is InChI=1S/C21H28N2O4/c1-26-14-6-3-5-13-16(14)22-15-7-9-20(17(24)18(25)27-2)8-4-11-23-12-10-21(13,15)19(20)23/h3,5-6,15,17,19,22,24H,4,7-12H2,1-2H3/t15-,17+,19-,20-,21-/m1/s1. The van der Waals surface area contributed by atoms with E-state index < -0.39 is 17.5 Å². The lowest BCUT2D eigenvalue weighted by Gasteiger charge is -2.58. The fraction of sp³-hybridized carbons (Fsp3) is 0.667. The van der Waals surface area contributed by atoms with Crippen molar-refractivity contribution in [3.05, 3.63) is 23.8 Å². The molecule has 5 rings (SSSR count). The third-order valence-electron chi connectivity index (χ3n) is 7.85. The molecule has 1 spiro atoms. The van der Waals surface area contributed by atoms with Crippen LogP contribution >= 0.6 is 0 Å². The van der Waals surface area contributed by atoms with Crippen molar-refractivity contribution in [2.45, 2.75) is 55.7 Å². The van der Waals surface area contributed by atoms with E-state index in [-0.39, 0.29) is 11.5 Å². The highest BCUT2D eigenvalue weighted by molar-refractivity contribution is 5.77. The summed E-state index contributed by atoms with van der Waals surface area (Å²) in [5.74, 6) is 0.388. The number of piperidine rings is 1. The van der Waals surface area contributed by atoms with Crippen LogP contribution in [0, 0.1) is 5.41 Å². The minimum atomic E-state index is -1.07. The SMILES string of the molecule is COC(=O)[C@H](O)[C@@]12CCCN3CC[C@]4(c5cccc(OC)c5N[C@@H]4CC1)[C@H]32. The molecule has 3 fully saturated rings. The number of ether oxygens (including phenoxy) is 2. The molecule has 4 aliphatic rings. The minimum Gasteiger partial charge on any atom is -0.495 e. The number of nitrogens with zero attached hydrogens (tertiary/aromatic N) is 1. The number of esters is 1. The molecule has 2 saturated heterocycles. The summed E-state index contributed by atoms with van der Waals surface area (Å²) in [6.45, 7) is 2.04. The van der Waals surface area contributed by atoms with Crippen molar-refractivity contribution in [2.24, 2.45) is 5.41 Å². The minimum absolute atomic E-state index is 0.0858. The van der Waals surface area contributed by atoms with Gasteiger partial charge >= 0.3 is 5.97 Å². The summed E-state index contributed by atoms with van der Waals surface area (Å²) in [4.78, 5) is 14.9. The van der Waals surface area contributed by atoms with Crippen molar-refractivity contribution in [2.75, 3.05) is 32.6 Å². The molecule has 0 unspecified atom stereocenters. The molecular formula is C21H28N2O4. The van der Waals surface area contributed by atoms with Crippen LogP contribution in [0.5, 0.6) is 5.75 Å². The number of carbonyl (C=O) groups is 1. The summed E-state index contributed by atoms with van der Waals surface area (Å²) in [5.41, 5.74) is 1.87. The molecular weight excluding hydrogens is 344 g/mol. The normalized spacial score (nSPS) is 37.6. The van der Waals surface area contributed by atoms with Crippen LogP contribution in [0.1, 0.15) is 37.7 Å². The molecule has 146 valence electrons. The van der Waals surface area contributed by atoms with Gasteiger partial charge in [-0.25, -0.2) is 4.79 Å². The second kappa shape index (κ2) is 5.85. The zero-order valence-corrected chi connectivity index (χ0v) is 16.0. The highest BCUT2D eigenvalue weighted by atomic mass is 16.5. The molecule has 5 atom stereocenters. The zero-order valence-electron chi connectivity index (χ0n) is 16.0. The largest absolute Gasteiger partial charge is 0.495 e. The first kappa shape index (κ1) is 17.3. The van der Waals surface area contributed by atoms with Gasteiger partial charge in [0, 0.05) is 22.9 Å². The lowest BCUT2D eigenvalue weighted by Crippen LogP contribution is -2.67. The number of hydrogen-bond acceptors (Lipinski definition) is 6. The van der Waals surface area contributed by atoms with Crippen LogP contribution in [-0.2, 0) is 14.9 Å². The van der Waals surface area contributed by atoms with Crippen molar-refractivity contribution in [3.63, 3.8) is 0 Å². The summed E-state index contributed by atoms with van der Waals surface area (Å²) >= 11 is 0. The van der Waals surface area contributed by atoms with Crippen LogP contribution in [0.4, 0.5) is 5.69 Å². The molecule has 6 heteroatoms. The third kappa shape index (κ3) is 2.00. The molecule has 1 aliphatic carbocycles. The number of benzene rings is 1. The summed E-state index contributed by atoms with van der Waals surface area (Å²) in [6, 6.07) is 6.74. The molecule has 6 nitrogen and oxygen atoms in total. The fourth-order valence-electron chi connectivity index (χ4n) is 6.93. The van der Waals surface area contributed by atoms with Gasteiger partial charge in [0.1, 0.15) is 5.75 Å². The van der Waals surface area contributed by atoms with Gasteiger partial charge in [0.25, 0.3) is 0 Å². The fourth-order valence-corrected chi connectivity index (χ4v) is 6.93. The number of aliphatic hydroxyl groups excluding tert-OH is 1. The molecule has 0 amide bonds. The maximum atomic E-state index is 12.4. The Kier molecular flexibility index (Phi) is 3.75. The van der Waals surface area contributed by atoms with Gasteiger partial charge in [-0.1, -0.05) is 12.1 Å². The Balaban J connectivity index is 1.68. The molecule has 2 N–H and O–H groups in total. The van der Waals surface area contributed by atoms with Crippen LogP contribution < -0.4 is 10.1 Å². The third-order valence-corrected chi connectivity index (χ3v) is 7.85. The first-order valence-electron chi connectivity index (χ1n) is 10.0. The van der Waals surface area contributed by atoms with Gasteiger partial charge in [-0.2, -0.15) is 0 Å². The van der Waals surface area contributed by atoms with Gasteiger partial charge in [-0.3, -0.25) is 4.90 Å². The Morgan fingerprint density at radius 1 is 1.30 bits per heavy atom. The van der Waals surface area contributed by atoms with E-state index in [0.29, 0.717) is 6.04 Å². The molecule has 1 saturated carbocycles. The van der Waals surface area contributed by atoms with Gasteiger partial charge in [0.2, 0.25) is 0 Å². The number of para-hydroxylation sites is 1. The van der Waals surface area contributed by atoms with Gasteiger partial charge < -0.3 is 19.9 Å². The number of hydrogen-bond donors (Lipinski definition) is 2. The highest BCUT2D eigenvalue weighted by Crippen LogP contribution is 2.64. The first-order valence-corrected chi connectivity index (χ1v) is 10.0. The Labute approximate surface area is 159 Å². The summed E-state index contributed by atoms with van der Waals surface area (Å²) < 4.78 is 10.6. The monoisotopic (exact) mass is 372 g/mol.